The minimum atomic E-state index is -0.269. The van der Waals surface area contributed by atoms with Crippen molar-refractivity contribution in [2.24, 2.45) is 0 Å². The van der Waals surface area contributed by atoms with Gasteiger partial charge < -0.3 is 10.4 Å². The largest absolute Gasteiger partial charge is 0.393 e. The summed E-state index contributed by atoms with van der Waals surface area (Å²) < 4.78 is 1.87. The van der Waals surface area contributed by atoms with E-state index in [9.17, 15) is 5.11 Å². The van der Waals surface area contributed by atoms with Crippen LogP contribution in [0.25, 0.3) is 5.69 Å². The van der Waals surface area contributed by atoms with Gasteiger partial charge >= 0.3 is 0 Å². The summed E-state index contributed by atoms with van der Waals surface area (Å²) in [6.45, 7) is 4.65. The molecule has 0 aliphatic carbocycles. The molecule has 0 radical (unpaired) electrons. The molecule has 2 atom stereocenters. The molecular weight excluding hydrogens is 238 g/mol. The number of aliphatic hydroxyl groups excluding tert-OH is 1. The lowest BCUT2D eigenvalue weighted by atomic mass is 10.1. The average Bonchev–Trinajstić information content (AvgIpc) is 2.85. The fourth-order valence-corrected chi connectivity index (χ4v) is 2.06. The van der Waals surface area contributed by atoms with E-state index in [1.54, 1.807) is 0 Å². The predicted molar refractivity (Wildman–Crippen MR) is 76.2 cm³/mol. The summed E-state index contributed by atoms with van der Waals surface area (Å²) in [6.07, 6.45) is 4.38. The zero-order valence-electron chi connectivity index (χ0n) is 11.5. The lowest BCUT2D eigenvalue weighted by Gasteiger charge is -2.14. The van der Waals surface area contributed by atoms with Gasteiger partial charge in [0.05, 0.1) is 18.0 Å². The Bertz CT molecular complexity index is 493. The lowest BCUT2D eigenvalue weighted by Crippen LogP contribution is -2.28. The first kappa shape index (κ1) is 13.8. The van der Waals surface area contributed by atoms with Gasteiger partial charge in [0.2, 0.25) is 0 Å². The quantitative estimate of drug-likeness (QED) is 0.835. The summed E-state index contributed by atoms with van der Waals surface area (Å²) in [5, 5.41) is 17.1. The van der Waals surface area contributed by atoms with Crippen LogP contribution in [0.4, 0.5) is 0 Å². The maximum absolute atomic E-state index is 9.32. The van der Waals surface area contributed by atoms with E-state index in [0.29, 0.717) is 6.04 Å². The maximum atomic E-state index is 9.32. The van der Waals surface area contributed by atoms with Gasteiger partial charge in [-0.3, -0.25) is 0 Å². The number of para-hydroxylation sites is 1. The molecule has 0 amide bonds. The number of nitrogens with zero attached hydrogens (tertiary/aromatic N) is 2. The van der Waals surface area contributed by atoms with E-state index < -0.39 is 0 Å². The van der Waals surface area contributed by atoms with Crippen molar-refractivity contribution >= 4 is 0 Å². The Morgan fingerprint density at radius 2 is 2.00 bits per heavy atom. The first-order valence-corrected chi connectivity index (χ1v) is 6.65. The van der Waals surface area contributed by atoms with Gasteiger partial charge in [-0.1, -0.05) is 18.2 Å². The average molecular weight is 259 g/mol. The molecule has 102 valence electrons. The Labute approximate surface area is 114 Å². The van der Waals surface area contributed by atoms with Crippen LogP contribution in [0.2, 0.25) is 0 Å². The molecule has 0 bridgehead atoms. The highest BCUT2D eigenvalue weighted by Gasteiger charge is 2.06. The van der Waals surface area contributed by atoms with E-state index in [-0.39, 0.29) is 6.10 Å². The number of aliphatic hydroxyl groups is 1. The Morgan fingerprint density at radius 1 is 1.26 bits per heavy atom. The minimum Gasteiger partial charge on any atom is -0.393 e. The molecule has 0 aliphatic rings. The number of nitrogens with one attached hydrogen (secondary N) is 1. The van der Waals surface area contributed by atoms with Gasteiger partial charge in [-0.25, -0.2) is 4.68 Å². The molecule has 0 saturated carbocycles. The molecule has 2 rings (SSSR count). The van der Waals surface area contributed by atoms with Gasteiger partial charge in [0.25, 0.3) is 0 Å². The van der Waals surface area contributed by atoms with Crippen molar-refractivity contribution in [2.75, 3.05) is 0 Å². The molecule has 4 nitrogen and oxygen atoms in total. The van der Waals surface area contributed by atoms with Crippen molar-refractivity contribution in [2.45, 2.75) is 39.0 Å². The SMILES string of the molecule is CC(O)CC(C)NCc1cnn(-c2ccccc2)c1. The molecule has 0 aliphatic heterocycles. The van der Waals surface area contributed by atoms with E-state index in [1.807, 2.05) is 54.3 Å². The first-order valence-electron chi connectivity index (χ1n) is 6.65. The van der Waals surface area contributed by atoms with Crippen LogP contribution in [0.5, 0.6) is 0 Å². The molecule has 0 spiro atoms. The lowest BCUT2D eigenvalue weighted by molar-refractivity contribution is 0.170. The maximum Gasteiger partial charge on any atom is 0.0645 e. The highest BCUT2D eigenvalue weighted by atomic mass is 16.3. The number of hydrogen-bond acceptors (Lipinski definition) is 3. The molecule has 2 aromatic rings. The van der Waals surface area contributed by atoms with Gasteiger partial charge in [0.15, 0.2) is 0 Å². The second-order valence-corrected chi connectivity index (χ2v) is 5.00. The van der Waals surface area contributed by atoms with Crippen molar-refractivity contribution in [3.63, 3.8) is 0 Å². The molecule has 4 heteroatoms. The van der Waals surface area contributed by atoms with E-state index in [1.165, 1.54) is 0 Å². The topological polar surface area (TPSA) is 50.1 Å². The summed E-state index contributed by atoms with van der Waals surface area (Å²) in [7, 11) is 0. The normalized spacial score (nSPS) is 14.3. The third-order valence-corrected chi connectivity index (χ3v) is 3.01. The summed E-state index contributed by atoms with van der Waals surface area (Å²) in [6, 6.07) is 10.3. The fraction of sp³-hybridized carbons (Fsp3) is 0.400. The van der Waals surface area contributed by atoms with Gasteiger partial charge in [0, 0.05) is 24.3 Å². The van der Waals surface area contributed by atoms with Crippen LogP contribution in [-0.2, 0) is 6.54 Å². The molecular formula is C15H21N3O. The first-order chi connectivity index (χ1) is 9.15. The van der Waals surface area contributed by atoms with Crippen molar-refractivity contribution in [3.05, 3.63) is 48.3 Å². The third-order valence-electron chi connectivity index (χ3n) is 3.01. The summed E-state index contributed by atoms with van der Waals surface area (Å²) in [5.74, 6) is 0. The Kier molecular flexibility index (Phi) is 4.71. The van der Waals surface area contributed by atoms with Crippen molar-refractivity contribution < 1.29 is 5.11 Å². The second kappa shape index (κ2) is 6.50. The zero-order valence-corrected chi connectivity index (χ0v) is 11.5. The second-order valence-electron chi connectivity index (χ2n) is 5.00. The highest BCUT2D eigenvalue weighted by molar-refractivity contribution is 5.30. The minimum absolute atomic E-state index is 0.269. The van der Waals surface area contributed by atoms with Crippen LogP contribution in [0.1, 0.15) is 25.8 Å². The van der Waals surface area contributed by atoms with Crippen LogP contribution in [-0.4, -0.2) is 27.0 Å². The van der Waals surface area contributed by atoms with Crippen LogP contribution in [0, 0.1) is 0 Å². The van der Waals surface area contributed by atoms with Gasteiger partial charge in [-0.15, -0.1) is 0 Å². The Hall–Kier alpha value is -1.65. The number of aromatic nitrogens is 2. The number of hydrogen-bond donors (Lipinski definition) is 2. The standard InChI is InChI=1S/C15H21N3O/c1-12(8-13(2)19)16-9-14-10-17-18(11-14)15-6-4-3-5-7-15/h3-7,10-13,16,19H,8-9H2,1-2H3. The molecule has 0 saturated heterocycles. The zero-order chi connectivity index (χ0) is 13.7. The Morgan fingerprint density at radius 3 is 2.68 bits per heavy atom. The molecule has 1 heterocycles. The fourth-order valence-electron chi connectivity index (χ4n) is 2.06. The van der Waals surface area contributed by atoms with E-state index in [0.717, 1.165) is 24.2 Å². The van der Waals surface area contributed by atoms with Crippen molar-refractivity contribution in [1.29, 1.82) is 0 Å². The van der Waals surface area contributed by atoms with E-state index in [2.05, 4.69) is 17.3 Å². The molecule has 19 heavy (non-hydrogen) atoms. The highest BCUT2D eigenvalue weighted by Crippen LogP contribution is 2.08. The predicted octanol–water partition coefficient (Wildman–Crippen LogP) is 2.12. The van der Waals surface area contributed by atoms with E-state index in [4.69, 9.17) is 0 Å². The molecule has 1 aromatic carbocycles. The summed E-state index contributed by atoms with van der Waals surface area (Å²) >= 11 is 0. The number of rotatable bonds is 6. The van der Waals surface area contributed by atoms with Crippen molar-refractivity contribution in [3.8, 4) is 5.69 Å². The molecule has 2 N–H and O–H groups in total. The number of benzene rings is 1. The summed E-state index contributed by atoms with van der Waals surface area (Å²) in [5.41, 5.74) is 2.20. The molecule has 1 aromatic heterocycles. The van der Waals surface area contributed by atoms with Crippen LogP contribution >= 0.6 is 0 Å². The summed E-state index contributed by atoms with van der Waals surface area (Å²) in [4.78, 5) is 0. The van der Waals surface area contributed by atoms with Crippen molar-refractivity contribution in [1.82, 2.24) is 15.1 Å². The van der Waals surface area contributed by atoms with Crippen LogP contribution in [0.15, 0.2) is 42.7 Å². The van der Waals surface area contributed by atoms with Gasteiger partial charge in [0.1, 0.15) is 0 Å². The monoisotopic (exact) mass is 259 g/mol. The third kappa shape index (κ3) is 4.19. The van der Waals surface area contributed by atoms with Gasteiger partial charge in [-0.05, 0) is 32.4 Å². The Balaban J connectivity index is 1.91. The molecule has 0 fully saturated rings. The van der Waals surface area contributed by atoms with Crippen LogP contribution < -0.4 is 5.32 Å². The van der Waals surface area contributed by atoms with Gasteiger partial charge in [-0.2, -0.15) is 5.10 Å². The smallest absolute Gasteiger partial charge is 0.0645 e. The van der Waals surface area contributed by atoms with Crippen LogP contribution in [0.3, 0.4) is 0 Å². The van der Waals surface area contributed by atoms with E-state index >= 15 is 0 Å². The molecule has 2 unspecified atom stereocenters.